The van der Waals surface area contributed by atoms with Gasteiger partial charge in [0, 0.05) is 13.6 Å². The first-order valence-corrected chi connectivity index (χ1v) is 6.34. The Bertz CT molecular complexity index is 565. The lowest BCUT2D eigenvalue weighted by atomic mass is 10.1. The second-order valence-electron chi connectivity index (χ2n) is 3.71. The number of alkyl halides is 3. The summed E-state index contributed by atoms with van der Waals surface area (Å²) in [5.41, 5.74) is -5.15. The minimum Gasteiger partial charge on any atom is -0.478 e. The number of hydrogen-bond donors (Lipinski definition) is 1. The van der Waals surface area contributed by atoms with Crippen molar-refractivity contribution < 1.29 is 31.5 Å². The highest BCUT2D eigenvalue weighted by Crippen LogP contribution is 2.26. The highest BCUT2D eigenvalue weighted by atomic mass is 32.2. The molecule has 0 bridgehead atoms. The second kappa shape index (κ2) is 5.17. The predicted octanol–water partition coefficient (Wildman–Crippen LogP) is 1.67. The number of hydrogen-bond acceptors (Lipinski definition) is 3. The van der Waals surface area contributed by atoms with E-state index in [1.54, 1.807) is 0 Å². The van der Waals surface area contributed by atoms with Gasteiger partial charge >= 0.3 is 21.5 Å². The molecule has 0 spiro atoms. The van der Waals surface area contributed by atoms with Gasteiger partial charge in [-0.1, -0.05) is 12.1 Å². The molecule has 1 N–H and O–H groups in total. The maximum absolute atomic E-state index is 12.2. The lowest BCUT2D eigenvalue weighted by Gasteiger charge is -2.18. The van der Waals surface area contributed by atoms with Crippen molar-refractivity contribution in [3.8, 4) is 0 Å². The Morgan fingerprint density at radius 2 is 1.74 bits per heavy atom. The number of rotatable bonds is 4. The van der Waals surface area contributed by atoms with Crippen LogP contribution in [0.1, 0.15) is 15.9 Å². The Kier molecular flexibility index (Phi) is 4.21. The van der Waals surface area contributed by atoms with Crippen molar-refractivity contribution in [3.05, 3.63) is 35.4 Å². The lowest BCUT2D eigenvalue weighted by Crippen LogP contribution is -2.37. The van der Waals surface area contributed by atoms with Gasteiger partial charge in [-0.15, -0.1) is 0 Å². The summed E-state index contributed by atoms with van der Waals surface area (Å²) in [6.45, 7) is -0.498. The maximum Gasteiger partial charge on any atom is 0.511 e. The minimum absolute atomic E-state index is 0.0370. The largest absolute Gasteiger partial charge is 0.511 e. The van der Waals surface area contributed by atoms with E-state index < -0.39 is 28.0 Å². The second-order valence-corrected chi connectivity index (χ2v) is 5.75. The van der Waals surface area contributed by atoms with Gasteiger partial charge in [-0.05, 0) is 17.7 Å². The molecule has 1 aromatic carbocycles. The van der Waals surface area contributed by atoms with Gasteiger partial charge in [-0.2, -0.15) is 17.5 Å². The number of aromatic carboxylic acids is 1. The molecule has 106 valence electrons. The van der Waals surface area contributed by atoms with Gasteiger partial charge in [0.05, 0.1) is 5.56 Å². The van der Waals surface area contributed by atoms with Crippen LogP contribution in [0.15, 0.2) is 24.3 Å². The zero-order valence-corrected chi connectivity index (χ0v) is 10.5. The third-order valence-corrected chi connectivity index (χ3v) is 3.84. The van der Waals surface area contributed by atoms with Crippen LogP contribution < -0.4 is 0 Å². The number of carboxylic acids is 1. The molecule has 0 aliphatic heterocycles. The van der Waals surface area contributed by atoms with Crippen LogP contribution in [0.5, 0.6) is 0 Å². The van der Waals surface area contributed by atoms with Gasteiger partial charge in [0.2, 0.25) is 0 Å². The molecule has 9 heteroatoms. The first kappa shape index (κ1) is 15.4. The normalized spacial score (nSPS) is 12.7. The Morgan fingerprint density at radius 1 is 1.26 bits per heavy atom. The van der Waals surface area contributed by atoms with Crippen molar-refractivity contribution in [2.24, 2.45) is 0 Å². The van der Waals surface area contributed by atoms with Crippen LogP contribution in [0, 0.1) is 0 Å². The molecule has 0 saturated carbocycles. The average molecular weight is 297 g/mol. The van der Waals surface area contributed by atoms with Crippen molar-refractivity contribution in [3.63, 3.8) is 0 Å². The van der Waals surface area contributed by atoms with Gasteiger partial charge in [-0.3, -0.25) is 0 Å². The van der Waals surface area contributed by atoms with Gasteiger partial charge in [0.15, 0.2) is 0 Å². The van der Waals surface area contributed by atoms with Gasteiger partial charge < -0.3 is 5.11 Å². The topological polar surface area (TPSA) is 74.7 Å². The molecule has 0 saturated heterocycles. The van der Waals surface area contributed by atoms with E-state index in [1.165, 1.54) is 24.3 Å². The van der Waals surface area contributed by atoms with Crippen LogP contribution in [-0.4, -0.2) is 36.4 Å². The van der Waals surface area contributed by atoms with Gasteiger partial charge in [0.1, 0.15) is 0 Å². The van der Waals surface area contributed by atoms with E-state index in [1.807, 2.05) is 0 Å². The van der Waals surface area contributed by atoms with Crippen LogP contribution in [-0.2, 0) is 16.6 Å². The Morgan fingerprint density at radius 3 is 2.11 bits per heavy atom. The number of nitrogens with zero attached hydrogens (tertiary/aromatic N) is 1. The van der Waals surface area contributed by atoms with Gasteiger partial charge in [0.25, 0.3) is 0 Å². The van der Waals surface area contributed by atoms with Gasteiger partial charge in [-0.25, -0.2) is 13.2 Å². The molecular formula is C10H10F3NO4S. The number of halogens is 3. The van der Waals surface area contributed by atoms with Crippen molar-refractivity contribution >= 4 is 16.0 Å². The summed E-state index contributed by atoms with van der Waals surface area (Å²) in [7, 11) is -4.58. The van der Waals surface area contributed by atoms with E-state index in [-0.39, 0.29) is 15.4 Å². The Hall–Kier alpha value is -1.61. The highest BCUT2D eigenvalue weighted by Gasteiger charge is 2.48. The summed E-state index contributed by atoms with van der Waals surface area (Å²) in [4.78, 5) is 10.6. The molecule has 0 heterocycles. The lowest BCUT2D eigenvalue weighted by molar-refractivity contribution is -0.0484. The molecule has 19 heavy (non-hydrogen) atoms. The number of sulfonamides is 1. The van der Waals surface area contributed by atoms with Crippen LogP contribution in [0.4, 0.5) is 13.2 Å². The first-order chi connectivity index (χ1) is 8.55. The standard InChI is InChI=1S/C10H10F3NO4S/c1-14(19(17,18)10(11,12)13)6-7-2-4-8(5-3-7)9(15)16/h2-5H,6H2,1H3,(H,15,16). The smallest absolute Gasteiger partial charge is 0.478 e. The maximum atomic E-state index is 12.2. The summed E-state index contributed by atoms with van der Waals surface area (Å²) >= 11 is 0. The summed E-state index contributed by atoms with van der Waals surface area (Å²) in [6.07, 6.45) is 0. The van der Waals surface area contributed by atoms with Crippen molar-refractivity contribution in [1.82, 2.24) is 4.31 Å². The van der Waals surface area contributed by atoms with E-state index >= 15 is 0 Å². The molecular weight excluding hydrogens is 287 g/mol. The Balaban J connectivity index is 2.89. The summed E-state index contributed by atoms with van der Waals surface area (Å²) in [5, 5.41) is 8.64. The third-order valence-electron chi connectivity index (χ3n) is 2.31. The summed E-state index contributed by atoms with van der Waals surface area (Å²) in [6, 6.07) is 4.88. The summed E-state index contributed by atoms with van der Waals surface area (Å²) < 4.78 is 59.0. The van der Waals surface area contributed by atoms with Crippen LogP contribution in [0.2, 0.25) is 0 Å². The third kappa shape index (κ3) is 3.44. The molecule has 0 aliphatic carbocycles. The molecule has 0 aliphatic rings. The quantitative estimate of drug-likeness (QED) is 0.917. The monoisotopic (exact) mass is 297 g/mol. The number of benzene rings is 1. The van der Waals surface area contributed by atoms with Crippen molar-refractivity contribution in [1.29, 1.82) is 0 Å². The first-order valence-electron chi connectivity index (χ1n) is 4.90. The summed E-state index contributed by atoms with van der Waals surface area (Å²) in [5.74, 6) is -1.18. The van der Waals surface area contributed by atoms with E-state index in [0.717, 1.165) is 7.05 Å². The minimum atomic E-state index is -5.38. The fourth-order valence-electron chi connectivity index (χ4n) is 1.27. The molecule has 0 atom stereocenters. The van der Waals surface area contributed by atoms with E-state index in [9.17, 15) is 26.4 Å². The highest BCUT2D eigenvalue weighted by molar-refractivity contribution is 7.89. The van der Waals surface area contributed by atoms with Crippen LogP contribution in [0.25, 0.3) is 0 Å². The SMILES string of the molecule is CN(Cc1ccc(C(=O)O)cc1)S(=O)(=O)C(F)(F)F. The number of carbonyl (C=O) groups is 1. The van der Waals surface area contributed by atoms with E-state index in [4.69, 9.17) is 5.11 Å². The zero-order valence-electron chi connectivity index (χ0n) is 9.68. The molecule has 1 aromatic rings. The molecule has 0 fully saturated rings. The van der Waals surface area contributed by atoms with Crippen molar-refractivity contribution in [2.75, 3.05) is 7.05 Å². The molecule has 0 aromatic heterocycles. The molecule has 5 nitrogen and oxygen atoms in total. The predicted molar refractivity (Wildman–Crippen MR) is 59.8 cm³/mol. The molecule has 0 radical (unpaired) electrons. The molecule has 0 unspecified atom stereocenters. The average Bonchev–Trinajstić information content (AvgIpc) is 2.28. The van der Waals surface area contributed by atoms with E-state index in [2.05, 4.69) is 0 Å². The van der Waals surface area contributed by atoms with E-state index in [0.29, 0.717) is 0 Å². The van der Waals surface area contributed by atoms with Crippen LogP contribution >= 0.6 is 0 Å². The van der Waals surface area contributed by atoms with Crippen molar-refractivity contribution in [2.45, 2.75) is 12.1 Å². The fraction of sp³-hybridized carbons (Fsp3) is 0.300. The molecule has 0 amide bonds. The van der Waals surface area contributed by atoms with Crippen LogP contribution in [0.3, 0.4) is 0 Å². The zero-order chi connectivity index (χ0) is 14.8. The fourth-order valence-corrected chi connectivity index (χ4v) is 1.94. The molecule has 1 rings (SSSR count). The number of carboxylic acid groups (broad SMARTS) is 1. The Labute approximate surface area is 107 Å².